The molecule has 35 heavy (non-hydrogen) atoms. The van der Waals surface area contributed by atoms with Gasteiger partial charge in [-0.1, -0.05) is 18.2 Å². The zero-order valence-electron chi connectivity index (χ0n) is 20.5. The van der Waals surface area contributed by atoms with Crippen LogP contribution in [-0.2, 0) is 16.0 Å². The van der Waals surface area contributed by atoms with Crippen LogP contribution in [-0.4, -0.2) is 58.0 Å². The summed E-state index contributed by atoms with van der Waals surface area (Å²) >= 11 is 0. The van der Waals surface area contributed by atoms with Crippen LogP contribution in [0.4, 0.5) is 11.4 Å². The topological polar surface area (TPSA) is 115 Å². The highest BCUT2D eigenvalue weighted by Gasteiger charge is 2.29. The molecule has 186 valence electrons. The maximum absolute atomic E-state index is 13.1. The summed E-state index contributed by atoms with van der Waals surface area (Å²) in [7, 11) is 1.31. The molecule has 1 fully saturated rings. The number of carbonyl (C=O) groups excluding carboxylic acids is 2. The molecule has 2 atom stereocenters. The molecule has 1 aliphatic rings. The van der Waals surface area contributed by atoms with Crippen molar-refractivity contribution in [3.05, 3.63) is 53.9 Å². The number of benzene rings is 1. The Bertz CT molecular complexity index is 1210. The Labute approximate surface area is 204 Å². The van der Waals surface area contributed by atoms with E-state index in [1.807, 2.05) is 19.1 Å². The van der Waals surface area contributed by atoms with Crippen LogP contribution in [0.15, 0.2) is 42.6 Å². The Hall–Kier alpha value is -3.43. The number of amides is 1. The van der Waals surface area contributed by atoms with Crippen LogP contribution >= 0.6 is 0 Å². The van der Waals surface area contributed by atoms with E-state index in [9.17, 15) is 14.7 Å². The van der Waals surface area contributed by atoms with Gasteiger partial charge in [0.1, 0.15) is 5.65 Å². The lowest BCUT2D eigenvalue weighted by Gasteiger charge is -2.27. The van der Waals surface area contributed by atoms with E-state index in [0.717, 1.165) is 12.8 Å². The third-order valence-corrected chi connectivity index (χ3v) is 6.40. The standard InChI is InChI=1S/C26H32N4O5/c1-16(26(2,3)33)28-18-13-20-21(29-24(31)17-9-6-5-7-10-17)22(25(32)34-4)30(23(20)27-14-18)15-19-11-8-12-35-19/h5-7,9-10,13-14,16,19,28,33H,8,11-12,15H2,1-4H3,(H,29,31). The fourth-order valence-corrected chi connectivity index (χ4v) is 4.11. The number of nitrogens with zero attached hydrogens (tertiary/aromatic N) is 2. The number of nitrogens with one attached hydrogen (secondary N) is 2. The van der Waals surface area contributed by atoms with Crippen molar-refractivity contribution >= 4 is 34.3 Å². The first kappa shape index (κ1) is 24.7. The number of methoxy groups -OCH3 is 1. The number of carbonyl (C=O) groups is 2. The van der Waals surface area contributed by atoms with Crippen molar-refractivity contribution in [2.24, 2.45) is 0 Å². The van der Waals surface area contributed by atoms with Crippen LogP contribution < -0.4 is 10.6 Å². The van der Waals surface area contributed by atoms with Gasteiger partial charge in [0.2, 0.25) is 0 Å². The molecule has 0 aliphatic carbocycles. The maximum Gasteiger partial charge on any atom is 0.356 e. The lowest BCUT2D eigenvalue weighted by atomic mass is 10.0. The number of ether oxygens (including phenoxy) is 2. The number of hydrogen-bond acceptors (Lipinski definition) is 7. The summed E-state index contributed by atoms with van der Waals surface area (Å²) in [5, 5.41) is 17.1. The van der Waals surface area contributed by atoms with Gasteiger partial charge >= 0.3 is 5.97 Å². The number of rotatable bonds is 8. The number of anilines is 2. The number of aromatic nitrogens is 2. The molecule has 9 heteroatoms. The fraction of sp³-hybridized carbons (Fsp3) is 0.423. The summed E-state index contributed by atoms with van der Waals surface area (Å²) < 4.78 is 12.7. The molecule has 0 saturated carbocycles. The van der Waals surface area contributed by atoms with Crippen LogP contribution in [0.3, 0.4) is 0 Å². The van der Waals surface area contributed by atoms with Crippen LogP contribution in [0.5, 0.6) is 0 Å². The van der Waals surface area contributed by atoms with Crippen LogP contribution in [0.1, 0.15) is 54.5 Å². The SMILES string of the molecule is COC(=O)c1c(NC(=O)c2ccccc2)c2cc(NC(C)C(C)(C)O)cnc2n1CC1CCCO1. The first-order chi connectivity index (χ1) is 16.7. The van der Waals surface area contributed by atoms with Crippen molar-refractivity contribution in [1.29, 1.82) is 0 Å². The van der Waals surface area contributed by atoms with Crippen LogP contribution in [0.2, 0.25) is 0 Å². The molecule has 9 nitrogen and oxygen atoms in total. The average Bonchev–Trinajstić information content (AvgIpc) is 3.45. The molecular formula is C26H32N4O5. The van der Waals surface area contributed by atoms with Crippen molar-refractivity contribution in [2.75, 3.05) is 24.4 Å². The van der Waals surface area contributed by atoms with Gasteiger partial charge in [0.25, 0.3) is 5.91 Å². The van der Waals surface area contributed by atoms with Crippen LogP contribution in [0, 0.1) is 0 Å². The van der Waals surface area contributed by atoms with Crippen molar-refractivity contribution in [1.82, 2.24) is 9.55 Å². The Morgan fingerprint density at radius 2 is 2.06 bits per heavy atom. The third-order valence-electron chi connectivity index (χ3n) is 6.40. The molecule has 0 radical (unpaired) electrons. The maximum atomic E-state index is 13.1. The van der Waals surface area contributed by atoms with Crippen molar-refractivity contribution in [3.63, 3.8) is 0 Å². The highest BCUT2D eigenvalue weighted by atomic mass is 16.5. The molecule has 3 aromatic rings. The van der Waals surface area contributed by atoms with Gasteiger partial charge in [-0.25, -0.2) is 9.78 Å². The third kappa shape index (κ3) is 5.31. The summed E-state index contributed by atoms with van der Waals surface area (Å²) in [6.45, 7) is 6.38. The first-order valence-corrected chi connectivity index (χ1v) is 11.8. The molecule has 4 rings (SSSR count). The van der Waals surface area contributed by atoms with E-state index in [1.54, 1.807) is 48.9 Å². The Balaban J connectivity index is 1.84. The molecule has 3 N–H and O–H groups in total. The summed E-state index contributed by atoms with van der Waals surface area (Å²) in [6, 6.07) is 10.3. The predicted octanol–water partition coefficient (Wildman–Crippen LogP) is 3.83. The van der Waals surface area contributed by atoms with Crippen molar-refractivity contribution in [3.8, 4) is 0 Å². The van der Waals surface area contributed by atoms with Crippen molar-refractivity contribution in [2.45, 2.75) is 57.9 Å². The minimum absolute atomic E-state index is 0.0681. The first-order valence-electron chi connectivity index (χ1n) is 11.8. The summed E-state index contributed by atoms with van der Waals surface area (Å²) in [4.78, 5) is 30.7. The summed E-state index contributed by atoms with van der Waals surface area (Å²) in [6.07, 6.45) is 3.40. The zero-order valence-corrected chi connectivity index (χ0v) is 20.5. The van der Waals surface area contributed by atoms with Gasteiger partial charge in [0.15, 0.2) is 5.69 Å². The van der Waals surface area contributed by atoms with Gasteiger partial charge in [0, 0.05) is 17.6 Å². The lowest BCUT2D eigenvalue weighted by Crippen LogP contribution is -2.39. The molecule has 0 bridgehead atoms. The summed E-state index contributed by atoms with van der Waals surface area (Å²) in [5.74, 6) is -0.932. The second-order valence-corrected chi connectivity index (χ2v) is 9.40. The Kier molecular flexibility index (Phi) is 7.09. The molecule has 1 aliphatic heterocycles. The Morgan fingerprint density at radius 3 is 2.69 bits per heavy atom. The van der Waals surface area contributed by atoms with E-state index in [2.05, 4.69) is 15.6 Å². The highest BCUT2D eigenvalue weighted by Crippen LogP contribution is 2.34. The average molecular weight is 481 g/mol. The molecular weight excluding hydrogens is 448 g/mol. The van der Waals surface area contributed by atoms with E-state index in [4.69, 9.17) is 9.47 Å². The Morgan fingerprint density at radius 1 is 1.31 bits per heavy atom. The number of hydrogen-bond donors (Lipinski definition) is 3. The van der Waals surface area contributed by atoms with E-state index >= 15 is 0 Å². The fourth-order valence-electron chi connectivity index (χ4n) is 4.11. The monoisotopic (exact) mass is 480 g/mol. The van der Waals surface area contributed by atoms with E-state index in [0.29, 0.717) is 41.1 Å². The molecule has 3 heterocycles. The lowest BCUT2D eigenvalue weighted by molar-refractivity contribution is 0.0579. The van der Waals surface area contributed by atoms with Gasteiger partial charge in [-0.3, -0.25) is 4.79 Å². The number of esters is 1. The van der Waals surface area contributed by atoms with Gasteiger partial charge < -0.3 is 29.8 Å². The molecule has 0 spiro atoms. The second kappa shape index (κ2) is 10.1. The number of aliphatic hydroxyl groups is 1. The number of pyridine rings is 1. The minimum atomic E-state index is -0.970. The molecule has 1 amide bonds. The van der Waals surface area contributed by atoms with Gasteiger partial charge in [-0.2, -0.15) is 0 Å². The molecule has 2 unspecified atom stereocenters. The molecule has 2 aromatic heterocycles. The smallest absolute Gasteiger partial charge is 0.356 e. The van der Waals surface area contributed by atoms with Crippen LogP contribution in [0.25, 0.3) is 11.0 Å². The van der Waals surface area contributed by atoms with E-state index < -0.39 is 11.6 Å². The highest BCUT2D eigenvalue weighted by molar-refractivity contribution is 6.14. The quantitative estimate of drug-likeness (QED) is 0.420. The van der Waals surface area contributed by atoms with Gasteiger partial charge in [0.05, 0.1) is 49.0 Å². The summed E-state index contributed by atoms with van der Waals surface area (Å²) in [5.41, 5.74) is 1.20. The largest absolute Gasteiger partial charge is 0.464 e. The van der Waals surface area contributed by atoms with E-state index in [-0.39, 0.29) is 23.7 Å². The zero-order chi connectivity index (χ0) is 25.2. The van der Waals surface area contributed by atoms with Gasteiger partial charge in [-0.15, -0.1) is 0 Å². The molecule has 1 saturated heterocycles. The predicted molar refractivity (Wildman–Crippen MR) is 134 cm³/mol. The second-order valence-electron chi connectivity index (χ2n) is 9.40. The number of fused-ring (bicyclic) bond motifs is 1. The minimum Gasteiger partial charge on any atom is -0.464 e. The normalized spacial score (nSPS) is 16.8. The van der Waals surface area contributed by atoms with Crippen molar-refractivity contribution < 1.29 is 24.2 Å². The van der Waals surface area contributed by atoms with Gasteiger partial charge in [-0.05, 0) is 51.8 Å². The van der Waals surface area contributed by atoms with E-state index in [1.165, 1.54) is 7.11 Å². The molecule has 1 aromatic carbocycles.